The van der Waals surface area contributed by atoms with Crippen LogP contribution in [0.5, 0.6) is 0 Å². The zero-order valence-electron chi connectivity index (χ0n) is 20.0. The molecule has 0 aliphatic rings. The number of alkyl halides is 3. The van der Waals surface area contributed by atoms with Crippen LogP contribution in [0.2, 0.25) is 0 Å². The molecule has 0 unspecified atom stereocenters. The molecule has 0 heterocycles. The molecular formula is C26H37F3O4. The Hall–Kier alpha value is -2.31. The quantitative estimate of drug-likeness (QED) is 0.118. The standard InChI is InChI=1S/C26H37F3O4/c1-4-7-8-9-10-11-12-13-14-15-20-25(23(30)32-5-2,24(31)33-6-3)21-16-18-22(19-17-21)26(27,28)29/h15-20H,4-14H2,1-3H3/b20-15+. The monoisotopic (exact) mass is 470 g/mol. The molecule has 1 rings (SSSR count). The molecule has 1 aromatic carbocycles. The minimum atomic E-state index is -4.53. The van der Waals surface area contributed by atoms with Gasteiger partial charge in [0, 0.05) is 0 Å². The summed E-state index contributed by atoms with van der Waals surface area (Å²) in [4.78, 5) is 25.9. The van der Waals surface area contributed by atoms with Crippen molar-refractivity contribution in [1.29, 1.82) is 0 Å². The second kappa shape index (κ2) is 14.8. The average Bonchev–Trinajstić information content (AvgIpc) is 2.77. The Kier molecular flexibility index (Phi) is 12.8. The van der Waals surface area contributed by atoms with Gasteiger partial charge in [0.1, 0.15) is 0 Å². The highest BCUT2D eigenvalue weighted by Gasteiger charge is 2.48. The Balaban J connectivity index is 3.05. The maximum absolute atomic E-state index is 13.0. The minimum absolute atomic E-state index is 0.0203. The summed E-state index contributed by atoms with van der Waals surface area (Å²) in [6.45, 7) is 5.43. The van der Waals surface area contributed by atoms with Crippen molar-refractivity contribution in [1.82, 2.24) is 0 Å². The van der Waals surface area contributed by atoms with Gasteiger partial charge in [-0.3, -0.25) is 9.59 Å². The first-order valence-electron chi connectivity index (χ1n) is 11.9. The van der Waals surface area contributed by atoms with Gasteiger partial charge >= 0.3 is 18.1 Å². The number of allylic oxidation sites excluding steroid dienone is 1. The molecule has 0 atom stereocenters. The number of halogens is 3. The van der Waals surface area contributed by atoms with E-state index in [9.17, 15) is 22.8 Å². The molecule has 7 heteroatoms. The van der Waals surface area contributed by atoms with Crippen molar-refractivity contribution >= 4 is 11.9 Å². The number of hydrogen-bond acceptors (Lipinski definition) is 4. The number of esters is 2. The van der Waals surface area contributed by atoms with Crippen molar-refractivity contribution in [3.05, 3.63) is 47.5 Å². The van der Waals surface area contributed by atoms with Crippen LogP contribution in [-0.4, -0.2) is 25.2 Å². The van der Waals surface area contributed by atoms with Crippen LogP contribution >= 0.6 is 0 Å². The second-order valence-electron chi connectivity index (χ2n) is 7.99. The summed E-state index contributed by atoms with van der Waals surface area (Å²) in [5.74, 6) is -1.73. The van der Waals surface area contributed by atoms with Crippen molar-refractivity contribution in [2.45, 2.75) is 90.1 Å². The third-order valence-electron chi connectivity index (χ3n) is 5.45. The molecule has 0 aromatic heterocycles. The molecule has 0 aliphatic carbocycles. The predicted molar refractivity (Wildman–Crippen MR) is 123 cm³/mol. The summed E-state index contributed by atoms with van der Waals surface area (Å²) >= 11 is 0. The first-order chi connectivity index (χ1) is 15.7. The van der Waals surface area contributed by atoms with Crippen molar-refractivity contribution in [3.63, 3.8) is 0 Å². The Morgan fingerprint density at radius 3 is 1.67 bits per heavy atom. The van der Waals surface area contributed by atoms with E-state index in [2.05, 4.69) is 6.92 Å². The zero-order valence-corrected chi connectivity index (χ0v) is 20.0. The third-order valence-corrected chi connectivity index (χ3v) is 5.45. The van der Waals surface area contributed by atoms with Crippen molar-refractivity contribution in [3.8, 4) is 0 Å². The van der Waals surface area contributed by atoms with Crippen LogP contribution in [0.25, 0.3) is 0 Å². The van der Waals surface area contributed by atoms with E-state index in [1.54, 1.807) is 19.9 Å². The van der Waals surface area contributed by atoms with E-state index < -0.39 is 29.1 Å². The summed E-state index contributed by atoms with van der Waals surface area (Å²) in [6.07, 6.45) is 8.44. The summed E-state index contributed by atoms with van der Waals surface area (Å²) in [5, 5.41) is 0. The normalized spacial score (nSPS) is 12.2. The third kappa shape index (κ3) is 8.86. The Morgan fingerprint density at radius 1 is 0.758 bits per heavy atom. The molecule has 4 nitrogen and oxygen atoms in total. The lowest BCUT2D eigenvalue weighted by atomic mass is 9.79. The first-order valence-corrected chi connectivity index (χ1v) is 11.9. The van der Waals surface area contributed by atoms with Gasteiger partial charge in [0.2, 0.25) is 5.41 Å². The number of unbranched alkanes of at least 4 members (excludes halogenated alkanes) is 8. The van der Waals surface area contributed by atoms with E-state index in [0.29, 0.717) is 6.42 Å². The lowest BCUT2D eigenvalue weighted by Crippen LogP contribution is -2.44. The van der Waals surface area contributed by atoms with Crippen LogP contribution in [0.4, 0.5) is 13.2 Å². The molecule has 0 saturated carbocycles. The van der Waals surface area contributed by atoms with Crippen LogP contribution in [0.3, 0.4) is 0 Å². The summed E-state index contributed by atoms with van der Waals surface area (Å²) < 4.78 is 49.4. The van der Waals surface area contributed by atoms with Crippen LogP contribution in [0.1, 0.15) is 89.7 Å². The zero-order chi connectivity index (χ0) is 24.7. The fourth-order valence-corrected chi connectivity index (χ4v) is 3.62. The van der Waals surface area contributed by atoms with Crippen LogP contribution in [0, 0.1) is 0 Å². The molecular weight excluding hydrogens is 433 g/mol. The molecule has 0 saturated heterocycles. The van der Waals surface area contributed by atoms with E-state index in [0.717, 1.165) is 43.5 Å². The highest BCUT2D eigenvalue weighted by Crippen LogP contribution is 2.34. The molecule has 0 fully saturated rings. The summed E-state index contributed by atoms with van der Waals surface area (Å²) in [7, 11) is 0. The second-order valence-corrected chi connectivity index (χ2v) is 7.99. The van der Waals surface area contributed by atoms with E-state index in [1.165, 1.54) is 38.2 Å². The van der Waals surface area contributed by atoms with E-state index in [1.807, 2.05) is 0 Å². The number of carbonyl (C=O) groups excluding carboxylic acids is 2. The Bertz CT molecular complexity index is 721. The van der Waals surface area contributed by atoms with Gasteiger partial charge in [-0.25, -0.2) is 0 Å². The SMILES string of the molecule is CCCCCCCCCC/C=C/C(C(=O)OCC)(C(=O)OCC)c1ccc(C(F)(F)F)cc1. The molecule has 186 valence electrons. The topological polar surface area (TPSA) is 52.6 Å². The summed E-state index contributed by atoms with van der Waals surface area (Å²) in [6, 6.07) is 3.98. The van der Waals surface area contributed by atoms with Crippen molar-refractivity contribution in [2.24, 2.45) is 0 Å². The van der Waals surface area contributed by atoms with E-state index in [-0.39, 0.29) is 18.8 Å². The highest BCUT2D eigenvalue weighted by atomic mass is 19.4. The molecule has 0 spiro atoms. The highest BCUT2D eigenvalue weighted by molar-refractivity contribution is 6.08. The largest absolute Gasteiger partial charge is 0.465 e. The molecule has 0 N–H and O–H groups in total. The van der Waals surface area contributed by atoms with Crippen LogP contribution in [0.15, 0.2) is 36.4 Å². The fourth-order valence-electron chi connectivity index (χ4n) is 3.62. The molecule has 0 bridgehead atoms. The maximum Gasteiger partial charge on any atom is 0.416 e. The lowest BCUT2D eigenvalue weighted by molar-refractivity contribution is -0.161. The lowest BCUT2D eigenvalue weighted by Gasteiger charge is -2.27. The van der Waals surface area contributed by atoms with Crippen LogP contribution in [-0.2, 0) is 30.7 Å². The molecule has 33 heavy (non-hydrogen) atoms. The van der Waals surface area contributed by atoms with Gasteiger partial charge < -0.3 is 9.47 Å². The van der Waals surface area contributed by atoms with Gasteiger partial charge in [-0.2, -0.15) is 13.2 Å². The number of benzene rings is 1. The van der Waals surface area contributed by atoms with Gasteiger partial charge in [-0.1, -0.05) is 76.2 Å². The molecule has 0 radical (unpaired) electrons. The molecule has 0 amide bonds. The average molecular weight is 471 g/mol. The maximum atomic E-state index is 13.0. The Labute approximate surface area is 195 Å². The number of hydrogen-bond donors (Lipinski definition) is 0. The van der Waals surface area contributed by atoms with Crippen molar-refractivity contribution in [2.75, 3.05) is 13.2 Å². The van der Waals surface area contributed by atoms with E-state index >= 15 is 0 Å². The molecule has 0 aliphatic heterocycles. The number of carbonyl (C=O) groups is 2. The minimum Gasteiger partial charge on any atom is -0.465 e. The first kappa shape index (κ1) is 28.7. The smallest absolute Gasteiger partial charge is 0.416 e. The van der Waals surface area contributed by atoms with Gasteiger partial charge in [0.25, 0.3) is 0 Å². The van der Waals surface area contributed by atoms with Crippen molar-refractivity contribution < 1.29 is 32.2 Å². The van der Waals surface area contributed by atoms with Gasteiger partial charge in [-0.15, -0.1) is 0 Å². The van der Waals surface area contributed by atoms with Gasteiger partial charge in [-0.05, 0) is 44.4 Å². The summed E-state index contributed by atoms with van der Waals surface area (Å²) in [5.41, 5.74) is -2.73. The van der Waals surface area contributed by atoms with E-state index in [4.69, 9.17) is 9.47 Å². The fraction of sp³-hybridized carbons (Fsp3) is 0.615. The molecule has 1 aromatic rings. The predicted octanol–water partition coefficient (Wildman–Crippen LogP) is 7.16. The van der Waals surface area contributed by atoms with Crippen LogP contribution < -0.4 is 0 Å². The Morgan fingerprint density at radius 2 is 1.21 bits per heavy atom. The number of rotatable bonds is 15. The van der Waals surface area contributed by atoms with Gasteiger partial charge in [0.15, 0.2) is 0 Å². The number of ether oxygens (including phenoxy) is 2. The van der Waals surface area contributed by atoms with Gasteiger partial charge in [0.05, 0.1) is 18.8 Å².